The number of aliphatic hydroxyl groups is 1. The zero-order chi connectivity index (χ0) is 24.7. The van der Waals surface area contributed by atoms with Crippen LogP contribution < -0.4 is 0 Å². The maximum absolute atomic E-state index is 13.2. The molecule has 0 aliphatic carbocycles. The number of nitro groups is 1. The average molecular weight is 464 g/mol. The molecule has 1 N–H and O–H groups in total. The summed E-state index contributed by atoms with van der Waals surface area (Å²) in [5, 5.41) is 22.0. The Bertz CT molecular complexity index is 1110. The van der Waals surface area contributed by atoms with Gasteiger partial charge in [0, 0.05) is 18.7 Å². The van der Waals surface area contributed by atoms with E-state index in [1.807, 2.05) is 30.3 Å². The Labute approximate surface area is 199 Å². The molecule has 0 saturated heterocycles. The van der Waals surface area contributed by atoms with Gasteiger partial charge in [0.25, 0.3) is 11.6 Å². The van der Waals surface area contributed by atoms with Gasteiger partial charge in [0.2, 0.25) is 0 Å². The number of rotatable bonds is 11. The molecule has 2 aromatic carbocycles. The van der Waals surface area contributed by atoms with Gasteiger partial charge in [0.05, 0.1) is 16.5 Å². The van der Waals surface area contributed by atoms with Crippen molar-refractivity contribution in [2.75, 3.05) is 26.2 Å². The number of nitro benzene ring substituents is 1. The smallest absolute Gasteiger partial charge is 0.290 e. The SMILES string of the molecule is CCN(CC)CCCN1C(=O)C(O)=C(C(=O)C=Cc2ccccc2)C1c1cccc([N+](=O)[O-])c1. The van der Waals surface area contributed by atoms with E-state index in [9.17, 15) is 24.8 Å². The second kappa shape index (κ2) is 11.4. The summed E-state index contributed by atoms with van der Waals surface area (Å²) in [4.78, 5) is 40.6. The van der Waals surface area contributed by atoms with Crippen molar-refractivity contribution in [2.24, 2.45) is 0 Å². The molecule has 2 aromatic rings. The van der Waals surface area contributed by atoms with Crippen LogP contribution in [-0.4, -0.2) is 57.7 Å². The number of amides is 1. The van der Waals surface area contributed by atoms with Crippen molar-refractivity contribution in [1.82, 2.24) is 9.80 Å². The number of non-ortho nitro benzene ring substituents is 1. The van der Waals surface area contributed by atoms with Crippen molar-refractivity contribution < 1.29 is 19.6 Å². The number of aliphatic hydroxyl groups excluding tert-OH is 1. The van der Waals surface area contributed by atoms with Gasteiger partial charge in [-0.2, -0.15) is 0 Å². The fraction of sp³-hybridized carbons (Fsp3) is 0.308. The van der Waals surface area contributed by atoms with Gasteiger partial charge < -0.3 is 14.9 Å². The van der Waals surface area contributed by atoms with E-state index in [4.69, 9.17) is 0 Å². The van der Waals surface area contributed by atoms with Gasteiger partial charge in [-0.05, 0) is 43.3 Å². The molecular formula is C26H29N3O5. The van der Waals surface area contributed by atoms with Crippen LogP contribution in [0.5, 0.6) is 0 Å². The number of allylic oxidation sites excluding steroid dienone is 1. The first-order valence-electron chi connectivity index (χ1n) is 11.4. The van der Waals surface area contributed by atoms with Gasteiger partial charge in [0.1, 0.15) is 0 Å². The minimum absolute atomic E-state index is 0.0690. The Kier molecular flexibility index (Phi) is 8.32. The molecule has 34 heavy (non-hydrogen) atoms. The highest BCUT2D eigenvalue weighted by Crippen LogP contribution is 2.39. The lowest BCUT2D eigenvalue weighted by molar-refractivity contribution is -0.384. The summed E-state index contributed by atoms with van der Waals surface area (Å²) in [6.07, 6.45) is 3.56. The molecule has 1 unspecified atom stereocenters. The highest BCUT2D eigenvalue weighted by atomic mass is 16.6. The number of hydrogen-bond donors (Lipinski definition) is 1. The van der Waals surface area contributed by atoms with E-state index in [-0.39, 0.29) is 11.3 Å². The Morgan fingerprint density at radius 1 is 1.15 bits per heavy atom. The standard InChI is InChI=1S/C26H29N3O5/c1-3-27(4-2)16-9-17-28-24(20-12-8-13-21(18-20)29(33)34)23(25(31)26(28)32)22(30)15-14-19-10-6-5-7-11-19/h5-8,10-15,18,24,31H,3-4,9,16-17H2,1-2H3. The second-order valence-electron chi connectivity index (χ2n) is 8.00. The van der Waals surface area contributed by atoms with Crippen LogP contribution in [0.4, 0.5) is 5.69 Å². The number of carbonyl (C=O) groups is 2. The minimum Gasteiger partial charge on any atom is -0.503 e. The Balaban J connectivity index is 1.95. The first-order chi connectivity index (χ1) is 16.4. The second-order valence-corrected chi connectivity index (χ2v) is 8.00. The van der Waals surface area contributed by atoms with Crippen LogP contribution in [0.2, 0.25) is 0 Å². The van der Waals surface area contributed by atoms with Crippen LogP contribution in [-0.2, 0) is 9.59 Å². The number of carbonyl (C=O) groups excluding carboxylic acids is 2. The van der Waals surface area contributed by atoms with Crippen LogP contribution in [0.3, 0.4) is 0 Å². The Morgan fingerprint density at radius 2 is 1.85 bits per heavy atom. The van der Waals surface area contributed by atoms with Crippen molar-refractivity contribution in [3.63, 3.8) is 0 Å². The zero-order valence-electron chi connectivity index (χ0n) is 19.4. The van der Waals surface area contributed by atoms with Gasteiger partial charge in [-0.25, -0.2) is 0 Å². The molecule has 0 bridgehead atoms. The molecule has 0 spiro atoms. The Hall–Kier alpha value is -3.78. The summed E-state index contributed by atoms with van der Waals surface area (Å²) in [5.74, 6) is -1.77. The molecule has 0 fully saturated rings. The molecule has 0 radical (unpaired) electrons. The highest BCUT2D eigenvalue weighted by molar-refractivity contribution is 6.14. The van der Waals surface area contributed by atoms with Gasteiger partial charge in [-0.15, -0.1) is 0 Å². The molecule has 1 heterocycles. The molecule has 8 nitrogen and oxygen atoms in total. The highest BCUT2D eigenvalue weighted by Gasteiger charge is 2.43. The summed E-state index contributed by atoms with van der Waals surface area (Å²) in [6.45, 7) is 6.90. The summed E-state index contributed by atoms with van der Waals surface area (Å²) in [6, 6.07) is 14.1. The van der Waals surface area contributed by atoms with E-state index in [2.05, 4.69) is 18.7 Å². The Morgan fingerprint density at radius 3 is 2.50 bits per heavy atom. The van der Waals surface area contributed by atoms with Crippen LogP contribution in [0.1, 0.15) is 37.4 Å². The molecule has 0 aromatic heterocycles. The summed E-state index contributed by atoms with van der Waals surface area (Å²) < 4.78 is 0. The van der Waals surface area contributed by atoms with Gasteiger partial charge >= 0.3 is 0 Å². The fourth-order valence-electron chi connectivity index (χ4n) is 4.12. The number of hydrogen-bond acceptors (Lipinski definition) is 6. The monoisotopic (exact) mass is 463 g/mol. The molecule has 1 amide bonds. The third kappa shape index (κ3) is 5.58. The van der Waals surface area contributed by atoms with E-state index in [1.165, 1.54) is 29.2 Å². The summed E-state index contributed by atoms with van der Waals surface area (Å²) >= 11 is 0. The van der Waals surface area contributed by atoms with Gasteiger partial charge in [-0.1, -0.05) is 62.4 Å². The minimum atomic E-state index is -0.906. The molecule has 3 rings (SSSR count). The number of ketones is 1. The van der Waals surface area contributed by atoms with Crippen molar-refractivity contribution >= 4 is 23.5 Å². The molecule has 1 aliphatic rings. The van der Waals surface area contributed by atoms with Crippen molar-refractivity contribution in [3.8, 4) is 0 Å². The third-order valence-electron chi connectivity index (χ3n) is 5.96. The van der Waals surface area contributed by atoms with E-state index >= 15 is 0 Å². The van der Waals surface area contributed by atoms with Crippen LogP contribution >= 0.6 is 0 Å². The predicted octanol–water partition coefficient (Wildman–Crippen LogP) is 4.30. The number of benzene rings is 2. The largest absolute Gasteiger partial charge is 0.503 e. The van der Waals surface area contributed by atoms with Crippen LogP contribution in [0, 0.1) is 10.1 Å². The predicted molar refractivity (Wildman–Crippen MR) is 130 cm³/mol. The van der Waals surface area contributed by atoms with Crippen LogP contribution in [0.25, 0.3) is 6.08 Å². The normalized spacial score (nSPS) is 16.1. The van der Waals surface area contributed by atoms with Gasteiger partial charge in [-0.3, -0.25) is 19.7 Å². The number of nitrogens with zero attached hydrogens (tertiary/aromatic N) is 3. The van der Waals surface area contributed by atoms with E-state index in [0.29, 0.717) is 18.5 Å². The topological polar surface area (TPSA) is 104 Å². The summed E-state index contributed by atoms with van der Waals surface area (Å²) in [5.41, 5.74) is 0.987. The van der Waals surface area contributed by atoms with E-state index in [1.54, 1.807) is 12.1 Å². The third-order valence-corrected chi connectivity index (χ3v) is 5.96. The lowest BCUT2D eigenvalue weighted by atomic mass is 9.95. The first-order valence-corrected chi connectivity index (χ1v) is 11.4. The van der Waals surface area contributed by atoms with E-state index < -0.39 is 28.4 Å². The van der Waals surface area contributed by atoms with Gasteiger partial charge in [0.15, 0.2) is 11.5 Å². The average Bonchev–Trinajstić information content (AvgIpc) is 3.11. The quantitative estimate of drug-likeness (QED) is 0.303. The van der Waals surface area contributed by atoms with Crippen molar-refractivity contribution in [1.29, 1.82) is 0 Å². The fourth-order valence-corrected chi connectivity index (χ4v) is 4.12. The molecule has 0 saturated carbocycles. The van der Waals surface area contributed by atoms with Crippen LogP contribution in [0.15, 0.2) is 72.0 Å². The molecule has 1 aliphatic heterocycles. The maximum Gasteiger partial charge on any atom is 0.290 e. The van der Waals surface area contributed by atoms with Crippen molar-refractivity contribution in [3.05, 3.63) is 93.2 Å². The lowest BCUT2D eigenvalue weighted by Gasteiger charge is -2.27. The molecule has 178 valence electrons. The molecule has 8 heteroatoms. The molecular weight excluding hydrogens is 434 g/mol. The maximum atomic E-state index is 13.2. The lowest BCUT2D eigenvalue weighted by Crippen LogP contribution is -2.34. The summed E-state index contributed by atoms with van der Waals surface area (Å²) in [7, 11) is 0. The molecule has 1 atom stereocenters. The first kappa shape index (κ1) is 24.9. The van der Waals surface area contributed by atoms with E-state index in [0.717, 1.165) is 25.2 Å². The zero-order valence-corrected chi connectivity index (χ0v) is 19.4. The van der Waals surface area contributed by atoms with Crippen molar-refractivity contribution in [2.45, 2.75) is 26.3 Å².